The van der Waals surface area contributed by atoms with Crippen LogP contribution in [-0.2, 0) is 9.59 Å². The molecule has 1 atom stereocenters. The van der Waals surface area contributed by atoms with Crippen molar-refractivity contribution in [3.8, 4) is 0 Å². The molecule has 18 heavy (non-hydrogen) atoms. The highest BCUT2D eigenvalue weighted by Crippen LogP contribution is 2.14. The molecule has 3 N–H and O–H groups in total. The van der Waals surface area contributed by atoms with Crippen LogP contribution in [0.1, 0.15) is 17.9 Å². The lowest BCUT2D eigenvalue weighted by Crippen LogP contribution is -2.33. The zero-order valence-corrected chi connectivity index (χ0v) is 10.3. The number of rotatable bonds is 7. The van der Waals surface area contributed by atoms with Crippen LogP contribution < -0.4 is 10.6 Å². The Balaban J connectivity index is 2.55. The Morgan fingerprint density at radius 2 is 1.94 bits per heavy atom. The number of carbonyl (C=O) groups excluding carboxylic acids is 1. The fourth-order valence-electron chi connectivity index (χ4n) is 1.58. The van der Waals surface area contributed by atoms with E-state index in [9.17, 15) is 9.59 Å². The molecule has 0 aliphatic rings. The molecule has 0 aliphatic heterocycles. The molecule has 0 heterocycles. The average Bonchev–Trinajstić information content (AvgIpc) is 2.37. The quantitative estimate of drug-likeness (QED) is 0.661. The third-order valence-electron chi connectivity index (χ3n) is 2.61. The van der Waals surface area contributed by atoms with Crippen LogP contribution >= 0.6 is 0 Å². The summed E-state index contributed by atoms with van der Waals surface area (Å²) in [5.41, 5.74) is 0.693. The zero-order chi connectivity index (χ0) is 13.4. The molecule has 1 rings (SSSR count). The Hall–Kier alpha value is -1.88. The standard InChI is InChI=1S/C13H18N2O3/c1-14-8-7-12(16)15-9-11(13(17)18)10-5-3-2-4-6-10/h2-6,11,14H,7-9H2,1H3,(H,15,16)(H,17,18). The van der Waals surface area contributed by atoms with E-state index in [1.807, 2.05) is 6.07 Å². The molecule has 0 saturated heterocycles. The highest BCUT2D eigenvalue weighted by molar-refractivity contribution is 5.79. The molecular formula is C13H18N2O3. The van der Waals surface area contributed by atoms with Crippen molar-refractivity contribution in [2.45, 2.75) is 12.3 Å². The van der Waals surface area contributed by atoms with Gasteiger partial charge < -0.3 is 15.7 Å². The van der Waals surface area contributed by atoms with E-state index in [2.05, 4.69) is 10.6 Å². The minimum absolute atomic E-state index is 0.113. The van der Waals surface area contributed by atoms with Gasteiger partial charge in [-0.05, 0) is 12.6 Å². The van der Waals surface area contributed by atoms with E-state index >= 15 is 0 Å². The van der Waals surface area contributed by atoms with Gasteiger partial charge in [-0.3, -0.25) is 9.59 Å². The predicted octanol–water partition coefficient (Wildman–Crippen LogP) is 0.581. The summed E-state index contributed by atoms with van der Waals surface area (Å²) in [7, 11) is 1.76. The molecule has 0 spiro atoms. The van der Waals surface area contributed by atoms with Gasteiger partial charge in [0.1, 0.15) is 0 Å². The Morgan fingerprint density at radius 1 is 1.28 bits per heavy atom. The summed E-state index contributed by atoms with van der Waals surface area (Å²) in [4.78, 5) is 22.6. The monoisotopic (exact) mass is 250 g/mol. The lowest BCUT2D eigenvalue weighted by atomic mass is 9.99. The van der Waals surface area contributed by atoms with Crippen molar-refractivity contribution < 1.29 is 14.7 Å². The summed E-state index contributed by atoms with van der Waals surface area (Å²) in [5.74, 6) is -1.79. The fraction of sp³-hybridized carbons (Fsp3) is 0.385. The average molecular weight is 250 g/mol. The van der Waals surface area contributed by atoms with Gasteiger partial charge in [0.25, 0.3) is 0 Å². The first-order valence-corrected chi connectivity index (χ1v) is 5.84. The minimum atomic E-state index is -0.935. The molecule has 0 saturated carbocycles. The summed E-state index contributed by atoms with van der Waals surface area (Å²) in [5, 5.41) is 14.7. The normalized spacial score (nSPS) is 11.8. The topological polar surface area (TPSA) is 78.4 Å². The van der Waals surface area contributed by atoms with Crippen LogP contribution in [0.2, 0.25) is 0 Å². The number of carboxylic acids is 1. The molecule has 5 nitrogen and oxygen atoms in total. The molecule has 0 fully saturated rings. The third-order valence-corrected chi connectivity index (χ3v) is 2.61. The highest BCUT2D eigenvalue weighted by Gasteiger charge is 2.19. The van der Waals surface area contributed by atoms with Gasteiger partial charge >= 0.3 is 5.97 Å². The summed E-state index contributed by atoms with van der Waals surface area (Å²) in [6, 6.07) is 8.90. The Labute approximate surface area is 106 Å². The van der Waals surface area contributed by atoms with Crippen molar-refractivity contribution in [1.82, 2.24) is 10.6 Å². The molecule has 0 bridgehead atoms. The van der Waals surface area contributed by atoms with Gasteiger partial charge in [0, 0.05) is 19.5 Å². The van der Waals surface area contributed by atoms with Crippen LogP contribution in [-0.4, -0.2) is 37.1 Å². The van der Waals surface area contributed by atoms with Crippen molar-refractivity contribution >= 4 is 11.9 Å². The van der Waals surface area contributed by atoms with E-state index in [0.29, 0.717) is 18.5 Å². The Morgan fingerprint density at radius 3 is 2.50 bits per heavy atom. The largest absolute Gasteiger partial charge is 0.481 e. The van der Waals surface area contributed by atoms with Gasteiger partial charge in [0.05, 0.1) is 5.92 Å². The zero-order valence-electron chi connectivity index (χ0n) is 10.3. The summed E-state index contributed by atoms with van der Waals surface area (Å²) in [6.45, 7) is 0.691. The lowest BCUT2D eigenvalue weighted by molar-refractivity contribution is -0.138. The first-order chi connectivity index (χ1) is 8.65. The highest BCUT2D eigenvalue weighted by atomic mass is 16.4. The fourth-order valence-corrected chi connectivity index (χ4v) is 1.58. The molecule has 1 unspecified atom stereocenters. The van der Waals surface area contributed by atoms with E-state index < -0.39 is 11.9 Å². The van der Waals surface area contributed by atoms with Crippen LogP contribution in [0.25, 0.3) is 0 Å². The third kappa shape index (κ3) is 4.55. The van der Waals surface area contributed by atoms with E-state index in [1.54, 1.807) is 31.3 Å². The van der Waals surface area contributed by atoms with Gasteiger partial charge in [0.2, 0.25) is 5.91 Å². The van der Waals surface area contributed by atoms with E-state index in [0.717, 1.165) is 0 Å². The SMILES string of the molecule is CNCCC(=O)NCC(C(=O)O)c1ccccc1. The molecule has 98 valence electrons. The molecule has 1 aromatic rings. The van der Waals surface area contributed by atoms with Crippen molar-refractivity contribution in [3.63, 3.8) is 0 Å². The van der Waals surface area contributed by atoms with Gasteiger partial charge in [-0.25, -0.2) is 0 Å². The molecule has 0 radical (unpaired) electrons. The molecule has 0 aliphatic carbocycles. The van der Waals surface area contributed by atoms with Crippen LogP contribution in [0.3, 0.4) is 0 Å². The second-order valence-electron chi connectivity index (χ2n) is 3.96. The number of aliphatic carboxylic acids is 1. The first kappa shape index (κ1) is 14.2. The number of amides is 1. The minimum Gasteiger partial charge on any atom is -0.481 e. The Bertz CT molecular complexity index is 392. The smallest absolute Gasteiger partial charge is 0.312 e. The van der Waals surface area contributed by atoms with Crippen molar-refractivity contribution in [2.24, 2.45) is 0 Å². The van der Waals surface area contributed by atoms with Gasteiger partial charge in [0.15, 0.2) is 0 Å². The molecule has 0 aromatic heterocycles. The number of benzene rings is 1. The van der Waals surface area contributed by atoms with Crippen LogP contribution in [0.5, 0.6) is 0 Å². The maximum atomic E-state index is 11.4. The summed E-state index contributed by atoms with van der Waals surface area (Å²) >= 11 is 0. The maximum Gasteiger partial charge on any atom is 0.312 e. The number of hydrogen-bond acceptors (Lipinski definition) is 3. The van der Waals surface area contributed by atoms with Gasteiger partial charge in [-0.2, -0.15) is 0 Å². The van der Waals surface area contributed by atoms with Crippen LogP contribution in [0.15, 0.2) is 30.3 Å². The lowest BCUT2D eigenvalue weighted by Gasteiger charge is -2.13. The van der Waals surface area contributed by atoms with Crippen molar-refractivity contribution in [1.29, 1.82) is 0 Å². The number of carbonyl (C=O) groups is 2. The van der Waals surface area contributed by atoms with E-state index in [-0.39, 0.29) is 12.5 Å². The number of nitrogens with one attached hydrogen (secondary N) is 2. The van der Waals surface area contributed by atoms with Crippen LogP contribution in [0.4, 0.5) is 0 Å². The Kier molecular flexibility index (Phi) is 5.87. The second-order valence-corrected chi connectivity index (χ2v) is 3.96. The molecular weight excluding hydrogens is 232 g/mol. The molecule has 1 aromatic carbocycles. The van der Waals surface area contributed by atoms with E-state index in [4.69, 9.17) is 5.11 Å². The van der Waals surface area contributed by atoms with Crippen molar-refractivity contribution in [3.05, 3.63) is 35.9 Å². The van der Waals surface area contributed by atoms with Gasteiger partial charge in [-0.1, -0.05) is 30.3 Å². The summed E-state index contributed by atoms with van der Waals surface area (Å²) in [6.07, 6.45) is 0.345. The second kappa shape index (κ2) is 7.45. The summed E-state index contributed by atoms with van der Waals surface area (Å²) < 4.78 is 0. The molecule has 5 heteroatoms. The van der Waals surface area contributed by atoms with Gasteiger partial charge in [-0.15, -0.1) is 0 Å². The van der Waals surface area contributed by atoms with Crippen LogP contribution in [0, 0.1) is 0 Å². The number of carboxylic acid groups (broad SMARTS) is 1. The molecule has 1 amide bonds. The maximum absolute atomic E-state index is 11.4. The number of hydrogen-bond donors (Lipinski definition) is 3. The first-order valence-electron chi connectivity index (χ1n) is 5.84. The van der Waals surface area contributed by atoms with E-state index in [1.165, 1.54) is 0 Å². The van der Waals surface area contributed by atoms with Crippen molar-refractivity contribution in [2.75, 3.05) is 20.1 Å². The predicted molar refractivity (Wildman–Crippen MR) is 68.4 cm³/mol.